The van der Waals surface area contributed by atoms with Gasteiger partial charge in [0.25, 0.3) is 10.2 Å². The van der Waals surface area contributed by atoms with Crippen LogP contribution in [0.4, 0.5) is 0 Å². The Labute approximate surface area is 97.4 Å². The van der Waals surface area contributed by atoms with Crippen LogP contribution >= 0.6 is 0 Å². The molecule has 96 valence electrons. The van der Waals surface area contributed by atoms with Crippen molar-refractivity contribution in [2.75, 3.05) is 33.2 Å². The van der Waals surface area contributed by atoms with Gasteiger partial charge in [-0.2, -0.15) is 17.0 Å². The fraction of sp³-hybridized carbons (Fsp3) is 1.00. The third-order valence-electron chi connectivity index (χ3n) is 3.01. The van der Waals surface area contributed by atoms with Gasteiger partial charge in [-0.25, -0.2) is 0 Å². The number of β-amino-alcohol motifs (C(OH)–C–C–N with tert-alkyl or cyclic N) is 1. The lowest BCUT2D eigenvalue weighted by Gasteiger charge is -2.30. The fourth-order valence-electron chi connectivity index (χ4n) is 1.93. The highest BCUT2D eigenvalue weighted by atomic mass is 32.2. The predicted octanol–water partition coefficient (Wildman–Crippen LogP) is -1.16. The van der Waals surface area contributed by atoms with Crippen molar-refractivity contribution in [1.29, 1.82) is 0 Å². The molecule has 0 aromatic carbocycles. The van der Waals surface area contributed by atoms with E-state index < -0.39 is 16.3 Å². The summed E-state index contributed by atoms with van der Waals surface area (Å²) in [7, 11) is -1.93. The van der Waals surface area contributed by atoms with Crippen LogP contribution in [0.1, 0.15) is 13.8 Å². The Kier molecular flexibility index (Phi) is 4.69. The van der Waals surface area contributed by atoms with Gasteiger partial charge in [-0.15, -0.1) is 0 Å². The van der Waals surface area contributed by atoms with Crippen LogP contribution in [0.25, 0.3) is 0 Å². The van der Waals surface area contributed by atoms with Gasteiger partial charge in [0.1, 0.15) is 0 Å². The molecule has 2 atom stereocenters. The van der Waals surface area contributed by atoms with Gasteiger partial charge in [0.2, 0.25) is 0 Å². The van der Waals surface area contributed by atoms with Crippen molar-refractivity contribution >= 4 is 10.2 Å². The van der Waals surface area contributed by atoms with E-state index in [0.717, 1.165) is 0 Å². The molecule has 6 nitrogen and oxygen atoms in total. The van der Waals surface area contributed by atoms with Crippen molar-refractivity contribution in [1.82, 2.24) is 13.9 Å². The number of nitrogens with zero attached hydrogens (tertiary/aromatic N) is 2. The van der Waals surface area contributed by atoms with Gasteiger partial charge in [0.15, 0.2) is 0 Å². The number of aliphatic hydroxyl groups is 1. The predicted molar refractivity (Wildman–Crippen MR) is 62.3 cm³/mol. The van der Waals surface area contributed by atoms with Crippen molar-refractivity contribution in [3.05, 3.63) is 0 Å². The zero-order valence-corrected chi connectivity index (χ0v) is 10.9. The molecule has 2 N–H and O–H groups in total. The topological polar surface area (TPSA) is 72.9 Å². The van der Waals surface area contributed by atoms with E-state index in [1.165, 1.54) is 15.7 Å². The normalized spacial score (nSPS) is 26.9. The monoisotopic (exact) mass is 251 g/mol. The summed E-state index contributed by atoms with van der Waals surface area (Å²) in [6, 6.07) is -0.370. The number of nitrogens with one attached hydrogen (secondary N) is 1. The lowest BCUT2D eigenvalue weighted by atomic mass is 10.2. The van der Waals surface area contributed by atoms with Crippen molar-refractivity contribution in [2.24, 2.45) is 0 Å². The molecule has 1 aliphatic heterocycles. The van der Waals surface area contributed by atoms with E-state index in [0.29, 0.717) is 26.2 Å². The third kappa shape index (κ3) is 2.54. The van der Waals surface area contributed by atoms with E-state index in [9.17, 15) is 13.5 Å². The number of hydrogen-bond donors (Lipinski definition) is 2. The molecule has 0 radical (unpaired) electrons. The van der Waals surface area contributed by atoms with Crippen molar-refractivity contribution in [3.63, 3.8) is 0 Å². The highest BCUT2D eigenvalue weighted by Gasteiger charge is 2.36. The third-order valence-corrected chi connectivity index (χ3v) is 5.18. The van der Waals surface area contributed by atoms with Crippen molar-refractivity contribution in [2.45, 2.75) is 26.0 Å². The van der Waals surface area contributed by atoms with E-state index in [1.807, 2.05) is 0 Å². The van der Waals surface area contributed by atoms with Crippen LogP contribution in [0, 0.1) is 0 Å². The molecule has 0 amide bonds. The maximum atomic E-state index is 12.1. The molecule has 1 fully saturated rings. The Morgan fingerprint density at radius 1 is 1.31 bits per heavy atom. The minimum Gasteiger partial charge on any atom is -0.390 e. The van der Waals surface area contributed by atoms with Gasteiger partial charge in [0, 0.05) is 33.2 Å². The Hall–Kier alpha value is -0.210. The van der Waals surface area contributed by atoms with Gasteiger partial charge >= 0.3 is 0 Å². The zero-order chi connectivity index (χ0) is 12.3. The maximum Gasteiger partial charge on any atom is 0.282 e. The molecule has 0 aliphatic carbocycles. The molecule has 7 heteroatoms. The molecule has 1 rings (SSSR count). The molecular formula is C9H21N3O3S. The first-order valence-electron chi connectivity index (χ1n) is 5.57. The summed E-state index contributed by atoms with van der Waals surface area (Å²) in [5.41, 5.74) is 0. The molecule has 0 spiro atoms. The van der Waals surface area contributed by atoms with E-state index in [4.69, 9.17) is 0 Å². The molecule has 1 aliphatic rings. The summed E-state index contributed by atoms with van der Waals surface area (Å²) in [6.07, 6.45) is -0.629. The first-order chi connectivity index (χ1) is 7.45. The average molecular weight is 251 g/mol. The van der Waals surface area contributed by atoms with E-state index in [2.05, 4.69) is 5.32 Å². The van der Waals surface area contributed by atoms with E-state index in [1.54, 1.807) is 13.8 Å². The molecular weight excluding hydrogens is 230 g/mol. The second-order valence-electron chi connectivity index (χ2n) is 3.90. The smallest absolute Gasteiger partial charge is 0.282 e. The van der Waals surface area contributed by atoms with Crippen LogP contribution in [0.2, 0.25) is 0 Å². The molecule has 0 aromatic heterocycles. The lowest BCUT2D eigenvalue weighted by Crippen LogP contribution is -2.50. The Morgan fingerprint density at radius 3 is 2.25 bits per heavy atom. The highest BCUT2D eigenvalue weighted by Crippen LogP contribution is 2.14. The van der Waals surface area contributed by atoms with Gasteiger partial charge in [0.05, 0.1) is 12.1 Å². The summed E-state index contributed by atoms with van der Waals surface area (Å²) >= 11 is 0. The standard InChI is InChI=1S/C9H21N3O3S/c1-4-12(5-2)16(14,15)11(3)8-6-10-7-9(8)13/h8-10,13H,4-7H2,1-3H3/t8-,9-/m0/s1. The first kappa shape index (κ1) is 13.9. The molecule has 0 saturated carbocycles. The van der Waals surface area contributed by atoms with Crippen LogP contribution in [0.3, 0.4) is 0 Å². The summed E-state index contributed by atoms with van der Waals surface area (Å²) in [6.45, 7) is 5.44. The number of likely N-dealkylation sites (N-methyl/N-ethyl adjacent to an activating group) is 1. The second kappa shape index (κ2) is 5.42. The molecule has 0 bridgehead atoms. The summed E-state index contributed by atoms with van der Waals surface area (Å²) < 4.78 is 26.9. The van der Waals surface area contributed by atoms with Gasteiger partial charge in [-0.1, -0.05) is 13.8 Å². The van der Waals surface area contributed by atoms with Crippen molar-refractivity contribution in [3.8, 4) is 0 Å². The SMILES string of the molecule is CCN(CC)S(=O)(=O)N(C)[C@H]1CNC[C@@H]1O. The maximum absolute atomic E-state index is 12.1. The van der Waals surface area contributed by atoms with Crippen LogP contribution in [-0.4, -0.2) is 67.5 Å². The Bertz CT molecular complexity index is 316. The largest absolute Gasteiger partial charge is 0.390 e. The number of rotatable bonds is 5. The summed E-state index contributed by atoms with van der Waals surface area (Å²) in [5.74, 6) is 0. The van der Waals surface area contributed by atoms with E-state index in [-0.39, 0.29) is 6.04 Å². The zero-order valence-electron chi connectivity index (χ0n) is 10.0. The minimum atomic E-state index is -3.45. The van der Waals surface area contributed by atoms with Crippen LogP contribution < -0.4 is 5.32 Å². The summed E-state index contributed by atoms with van der Waals surface area (Å²) in [4.78, 5) is 0. The highest BCUT2D eigenvalue weighted by molar-refractivity contribution is 7.86. The second-order valence-corrected chi connectivity index (χ2v) is 5.89. The van der Waals surface area contributed by atoms with Gasteiger partial charge in [-0.05, 0) is 0 Å². The van der Waals surface area contributed by atoms with Crippen LogP contribution in [0.15, 0.2) is 0 Å². The first-order valence-corrected chi connectivity index (χ1v) is 6.96. The van der Waals surface area contributed by atoms with Crippen molar-refractivity contribution < 1.29 is 13.5 Å². The van der Waals surface area contributed by atoms with Gasteiger partial charge < -0.3 is 10.4 Å². The Balaban J connectivity index is 2.82. The fourth-order valence-corrected chi connectivity index (χ4v) is 3.50. The Morgan fingerprint density at radius 2 is 1.88 bits per heavy atom. The van der Waals surface area contributed by atoms with Crippen LogP contribution in [0.5, 0.6) is 0 Å². The molecule has 0 unspecified atom stereocenters. The minimum absolute atomic E-state index is 0.370. The molecule has 1 heterocycles. The number of aliphatic hydroxyl groups excluding tert-OH is 1. The van der Waals surface area contributed by atoms with Gasteiger partial charge in [-0.3, -0.25) is 0 Å². The average Bonchev–Trinajstić information content (AvgIpc) is 2.64. The van der Waals surface area contributed by atoms with E-state index >= 15 is 0 Å². The molecule has 16 heavy (non-hydrogen) atoms. The molecule has 1 saturated heterocycles. The number of hydrogen-bond acceptors (Lipinski definition) is 4. The summed E-state index contributed by atoms with van der Waals surface area (Å²) in [5, 5.41) is 12.6. The molecule has 0 aromatic rings. The quantitative estimate of drug-likeness (QED) is 0.646. The lowest BCUT2D eigenvalue weighted by molar-refractivity contribution is 0.133. The van der Waals surface area contributed by atoms with Crippen LogP contribution in [-0.2, 0) is 10.2 Å².